The van der Waals surface area contributed by atoms with Crippen LogP contribution in [0.25, 0.3) is 0 Å². The maximum absolute atomic E-state index is 13.4. The molecule has 0 aromatic heterocycles. The minimum atomic E-state index is -0.451. The van der Waals surface area contributed by atoms with Crippen molar-refractivity contribution in [1.82, 2.24) is 10.0 Å². The maximum atomic E-state index is 13.4. The van der Waals surface area contributed by atoms with Crippen LogP contribution in [0.4, 0.5) is 0 Å². The monoisotopic (exact) mass is 410 g/mol. The summed E-state index contributed by atoms with van der Waals surface area (Å²) in [5, 5.41) is 2.65. The van der Waals surface area contributed by atoms with Gasteiger partial charge in [-0.15, -0.1) is 0 Å². The van der Waals surface area contributed by atoms with E-state index in [1.807, 2.05) is 30.3 Å². The van der Waals surface area contributed by atoms with Gasteiger partial charge in [0, 0.05) is 0 Å². The topological polar surface area (TPSA) is 57.7 Å². The minimum absolute atomic E-state index is 0.122. The van der Waals surface area contributed by atoms with E-state index in [4.69, 9.17) is 11.6 Å². The van der Waals surface area contributed by atoms with Crippen molar-refractivity contribution in [2.45, 2.75) is 32.7 Å². The van der Waals surface area contributed by atoms with E-state index in [0.717, 1.165) is 17.0 Å². The van der Waals surface area contributed by atoms with E-state index in [2.05, 4.69) is 6.92 Å². The smallest absolute Gasteiger partial charge is 0.272 e. The number of carbonyl (C=O) groups is 3. The summed E-state index contributed by atoms with van der Waals surface area (Å²) >= 11 is 6.25. The van der Waals surface area contributed by atoms with E-state index in [1.165, 1.54) is 5.01 Å². The fourth-order valence-electron chi connectivity index (χ4n) is 4.37. The third kappa shape index (κ3) is 3.67. The van der Waals surface area contributed by atoms with Gasteiger partial charge in [0.2, 0.25) is 0 Å². The Hall–Kier alpha value is -2.66. The van der Waals surface area contributed by atoms with Crippen LogP contribution in [0.5, 0.6) is 0 Å². The largest absolute Gasteiger partial charge is 0.274 e. The standard InChI is InChI=1S/C23H23ClN2O3/c1-15-11-12-17-19(13-15)23(29)26(22(17)28)25(14-16-7-3-2-4-8-16)21(27)18-9-5-6-10-20(18)24/h2-10,15,17,19H,11-14H2,1H3/t15-,17+,19+/m1/s1. The normalized spacial score (nSPS) is 23.8. The van der Waals surface area contributed by atoms with Gasteiger partial charge in [-0.05, 0) is 42.9 Å². The summed E-state index contributed by atoms with van der Waals surface area (Å²) in [6, 6.07) is 16.0. The van der Waals surface area contributed by atoms with Crippen molar-refractivity contribution in [2.75, 3.05) is 0 Å². The fraction of sp³-hybridized carbons (Fsp3) is 0.348. The Bertz CT molecular complexity index is 946. The number of hydrogen-bond acceptors (Lipinski definition) is 3. The van der Waals surface area contributed by atoms with Crippen LogP contribution in [-0.4, -0.2) is 27.7 Å². The highest BCUT2D eigenvalue weighted by atomic mass is 35.5. The molecule has 150 valence electrons. The highest BCUT2D eigenvalue weighted by Gasteiger charge is 2.52. The minimum Gasteiger partial charge on any atom is -0.272 e. The Morgan fingerprint density at radius 2 is 1.66 bits per heavy atom. The van der Waals surface area contributed by atoms with Gasteiger partial charge in [-0.25, -0.2) is 5.01 Å². The van der Waals surface area contributed by atoms with Crippen molar-refractivity contribution < 1.29 is 14.4 Å². The molecule has 4 rings (SSSR count). The molecule has 0 unspecified atom stereocenters. The van der Waals surface area contributed by atoms with Crippen LogP contribution in [0.3, 0.4) is 0 Å². The molecule has 2 aliphatic rings. The Labute approximate surface area is 175 Å². The molecule has 0 bridgehead atoms. The van der Waals surface area contributed by atoms with Crippen LogP contribution in [0.2, 0.25) is 5.02 Å². The first-order chi connectivity index (χ1) is 14.0. The molecular formula is C23H23ClN2O3. The number of benzene rings is 2. The zero-order valence-corrected chi connectivity index (χ0v) is 17.0. The lowest BCUT2D eigenvalue weighted by atomic mass is 9.76. The molecule has 1 saturated carbocycles. The first-order valence-electron chi connectivity index (χ1n) is 9.95. The second-order valence-corrected chi connectivity index (χ2v) is 8.35. The Morgan fingerprint density at radius 3 is 2.38 bits per heavy atom. The van der Waals surface area contributed by atoms with Crippen LogP contribution >= 0.6 is 11.6 Å². The average molecular weight is 411 g/mol. The van der Waals surface area contributed by atoms with E-state index in [9.17, 15) is 14.4 Å². The van der Waals surface area contributed by atoms with Crippen LogP contribution in [-0.2, 0) is 16.1 Å². The van der Waals surface area contributed by atoms with Crippen LogP contribution in [0.15, 0.2) is 54.6 Å². The lowest BCUT2D eigenvalue weighted by Gasteiger charge is -2.31. The van der Waals surface area contributed by atoms with Crippen molar-refractivity contribution >= 4 is 29.3 Å². The number of nitrogens with zero attached hydrogens (tertiary/aromatic N) is 2. The molecule has 0 N–H and O–H groups in total. The molecule has 1 aliphatic carbocycles. The number of halogens is 1. The van der Waals surface area contributed by atoms with Crippen molar-refractivity contribution in [1.29, 1.82) is 0 Å². The molecule has 1 aliphatic heterocycles. The molecule has 1 saturated heterocycles. The van der Waals surface area contributed by atoms with Gasteiger partial charge in [0.15, 0.2) is 0 Å². The van der Waals surface area contributed by atoms with Gasteiger partial charge in [0.05, 0.1) is 29.0 Å². The van der Waals surface area contributed by atoms with E-state index >= 15 is 0 Å². The lowest BCUT2D eigenvalue weighted by Crippen LogP contribution is -2.49. The van der Waals surface area contributed by atoms with E-state index in [-0.39, 0.29) is 35.8 Å². The number of fused-ring (bicyclic) bond motifs is 1. The summed E-state index contributed by atoms with van der Waals surface area (Å²) in [7, 11) is 0. The van der Waals surface area contributed by atoms with Gasteiger partial charge in [-0.2, -0.15) is 5.01 Å². The van der Waals surface area contributed by atoms with Crippen molar-refractivity contribution in [3.05, 3.63) is 70.7 Å². The van der Waals surface area contributed by atoms with Crippen LogP contribution < -0.4 is 0 Å². The summed E-state index contributed by atoms with van der Waals surface area (Å²) in [6.07, 6.45) is 2.29. The second-order valence-electron chi connectivity index (χ2n) is 7.95. The number of amides is 3. The molecule has 29 heavy (non-hydrogen) atoms. The molecule has 3 atom stereocenters. The van der Waals surface area contributed by atoms with Gasteiger partial charge in [-0.1, -0.05) is 61.0 Å². The Kier molecular flexibility index (Phi) is 5.41. The highest BCUT2D eigenvalue weighted by molar-refractivity contribution is 6.33. The van der Waals surface area contributed by atoms with Gasteiger partial charge < -0.3 is 0 Å². The first-order valence-corrected chi connectivity index (χ1v) is 10.3. The Morgan fingerprint density at radius 1 is 1.00 bits per heavy atom. The van der Waals surface area contributed by atoms with Crippen molar-refractivity contribution in [3.63, 3.8) is 0 Å². The van der Waals surface area contributed by atoms with E-state index in [0.29, 0.717) is 23.8 Å². The van der Waals surface area contributed by atoms with E-state index in [1.54, 1.807) is 24.3 Å². The number of carbonyl (C=O) groups excluding carboxylic acids is 3. The number of hydrogen-bond donors (Lipinski definition) is 0. The summed E-state index contributed by atoms with van der Waals surface area (Å²) < 4.78 is 0. The second kappa shape index (κ2) is 7.99. The zero-order valence-electron chi connectivity index (χ0n) is 16.3. The molecule has 3 amide bonds. The summed E-state index contributed by atoms with van der Waals surface area (Å²) in [5.74, 6) is -1.28. The molecule has 1 heterocycles. The molecular weight excluding hydrogens is 388 g/mol. The summed E-state index contributed by atoms with van der Waals surface area (Å²) in [5.41, 5.74) is 1.10. The molecule has 2 fully saturated rings. The first kappa shape index (κ1) is 19.6. The predicted octanol–water partition coefficient (Wildman–Crippen LogP) is 4.32. The van der Waals surface area contributed by atoms with Gasteiger partial charge >= 0.3 is 0 Å². The van der Waals surface area contributed by atoms with Crippen LogP contribution in [0, 0.1) is 17.8 Å². The molecule has 2 aromatic rings. The van der Waals surface area contributed by atoms with Crippen molar-refractivity contribution in [2.24, 2.45) is 17.8 Å². The zero-order chi connectivity index (χ0) is 20.5. The van der Waals surface area contributed by atoms with Crippen LogP contribution in [0.1, 0.15) is 42.1 Å². The van der Waals surface area contributed by atoms with Gasteiger partial charge in [-0.3, -0.25) is 14.4 Å². The van der Waals surface area contributed by atoms with E-state index < -0.39 is 5.91 Å². The maximum Gasteiger partial charge on any atom is 0.274 e. The number of imide groups is 1. The molecule has 2 aromatic carbocycles. The predicted molar refractivity (Wildman–Crippen MR) is 110 cm³/mol. The number of hydrazine groups is 1. The third-order valence-electron chi connectivity index (χ3n) is 5.92. The fourth-order valence-corrected chi connectivity index (χ4v) is 4.59. The Balaban J connectivity index is 1.72. The third-order valence-corrected chi connectivity index (χ3v) is 6.25. The quantitative estimate of drug-likeness (QED) is 0.705. The number of rotatable bonds is 4. The highest BCUT2D eigenvalue weighted by Crippen LogP contribution is 2.41. The molecule has 5 nitrogen and oxygen atoms in total. The molecule has 6 heteroatoms. The summed E-state index contributed by atoms with van der Waals surface area (Å²) in [6.45, 7) is 2.23. The summed E-state index contributed by atoms with van der Waals surface area (Å²) in [4.78, 5) is 39.8. The lowest BCUT2D eigenvalue weighted by molar-refractivity contribution is -0.155. The average Bonchev–Trinajstić information content (AvgIpc) is 2.96. The molecule has 0 spiro atoms. The molecule has 0 radical (unpaired) electrons. The van der Waals surface area contributed by atoms with Crippen molar-refractivity contribution in [3.8, 4) is 0 Å². The van der Waals surface area contributed by atoms with Gasteiger partial charge in [0.1, 0.15) is 0 Å². The van der Waals surface area contributed by atoms with Gasteiger partial charge in [0.25, 0.3) is 17.7 Å². The SMILES string of the molecule is C[C@@H]1CC[C@@H]2C(=O)N(N(Cc3ccccc3)C(=O)c3ccccc3Cl)C(=O)[C@H]2C1.